The van der Waals surface area contributed by atoms with E-state index in [1.807, 2.05) is 0 Å². The monoisotopic (exact) mass is 411 g/mol. The Bertz CT molecular complexity index is 149. The molecule has 0 aromatic rings. The van der Waals surface area contributed by atoms with Crippen LogP contribution in [0.4, 0.5) is 0 Å². The van der Waals surface area contributed by atoms with Gasteiger partial charge < -0.3 is 32.0 Å². The molecule has 0 bridgehead atoms. The van der Waals surface area contributed by atoms with Gasteiger partial charge in [-0.25, -0.2) is 0 Å². The van der Waals surface area contributed by atoms with Crippen LogP contribution in [0.3, 0.4) is 0 Å². The molecule has 0 saturated carbocycles. The zero-order chi connectivity index (χ0) is 11.3. The van der Waals surface area contributed by atoms with E-state index in [4.69, 9.17) is 40.5 Å². The number of hydrogen-bond acceptors (Lipinski definition) is 8. The van der Waals surface area contributed by atoms with Gasteiger partial charge in [0, 0.05) is 36.6 Å². The maximum absolute atomic E-state index is 8.52. The molecule has 0 rings (SSSR count). The van der Waals surface area contributed by atoms with Gasteiger partial charge in [-0.15, -0.1) is 0 Å². The normalized spacial score (nSPS) is 8.43. The van der Waals surface area contributed by atoms with E-state index in [0.29, 0.717) is 26.2 Å². The molecular weight excluding hydrogens is 395 g/mol. The standard InChI is InChI=1S/2C2H8N2.H2O4S.Pt/c2*3-1-2-4;1-5(2,3)4;/h2*1-4H2;(H2,1,2,3,4);/q;;;+2/p-2. The van der Waals surface area contributed by atoms with E-state index >= 15 is 0 Å². The van der Waals surface area contributed by atoms with Gasteiger partial charge in [-0.05, 0) is 0 Å². The Labute approximate surface area is 98.2 Å². The van der Waals surface area contributed by atoms with Gasteiger partial charge in [0.25, 0.3) is 0 Å². The molecule has 0 fully saturated rings. The van der Waals surface area contributed by atoms with Gasteiger partial charge in [-0.3, -0.25) is 8.42 Å². The van der Waals surface area contributed by atoms with Gasteiger partial charge in [0.2, 0.25) is 0 Å². The van der Waals surface area contributed by atoms with Crippen molar-refractivity contribution in [1.29, 1.82) is 0 Å². The fraction of sp³-hybridized carbons (Fsp3) is 1.00. The van der Waals surface area contributed by atoms with Crippen molar-refractivity contribution in [1.82, 2.24) is 0 Å². The quantitative estimate of drug-likeness (QED) is 0.266. The van der Waals surface area contributed by atoms with Crippen LogP contribution in [-0.2, 0) is 31.5 Å². The maximum atomic E-state index is 8.52. The second-order valence-electron chi connectivity index (χ2n) is 1.56. The Hall–Kier alpha value is 0.398. The number of nitrogens with two attached hydrogens (primary N) is 4. The van der Waals surface area contributed by atoms with E-state index in [9.17, 15) is 0 Å². The second-order valence-corrected chi connectivity index (χ2v) is 2.38. The average Bonchev–Trinajstić information content (AvgIpc) is 2.01. The minimum absolute atomic E-state index is 0. The fourth-order valence-corrected chi connectivity index (χ4v) is 0. The van der Waals surface area contributed by atoms with Crippen molar-refractivity contribution in [2.45, 2.75) is 0 Å². The van der Waals surface area contributed by atoms with Crippen LogP contribution < -0.4 is 22.9 Å². The van der Waals surface area contributed by atoms with Crippen LogP contribution >= 0.6 is 0 Å². The van der Waals surface area contributed by atoms with Crippen molar-refractivity contribution in [3.63, 3.8) is 0 Å². The van der Waals surface area contributed by atoms with Gasteiger partial charge in [0.15, 0.2) is 0 Å². The zero-order valence-corrected chi connectivity index (χ0v) is 10.6. The Morgan fingerprint density at radius 2 is 0.857 bits per heavy atom. The van der Waals surface area contributed by atoms with Crippen LogP contribution in [-0.4, -0.2) is 43.7 Å². The summed E-state index contributed by atoms with van der Waals surface area (Å²) in [5.41, 5.74) is 19.6. The van der Waals surface area contributed by atoms with E-state index in [2.05, 4.69) is 0 Å². The van der Waals surface area contributed by atoms with Crippen molar-refractivity contribution < 1.29 is 38.6 Å². The summed E-state index contributed by atoms with van der Waals surface area (Å²) >= 11 is 0. The molecule has 0 aliphatic carbocycles. The summed E-state index contributed by atoms with van der Waals surface area (Å²) in [6, 6.07) is 0. The Balaban J connectivity index is -0.0000000522. The van der Waals surface area contributed by atoms with Crippen LogP contribution in [0.15, 0.2) is 0 Å². The summed E-state index contributed by atoms with van der Waals surface area (Å²) in [6.45, 7) is 2.39. The molecule has 0 aromatic heterocycles. The SMILES string of the molecule is NCCN.NCCN.O=S(=O)([O-])[O-].[Pt+2]. The molecule has 92 valence electrons. The third-order valence-corrected chi connectivity index (χ3v) is 0.333. The molecule has 0 radical (unpaired) electrons. The molecule has 8 nitrogen and oxygen atoms in total. The second kappa shape index (κ2) is 19.0. The largest absolute Gasteiger partial charge is 2.00 e. The summed E-state index contributed by atoms with van der Waals surface area (Å²) in [5, 5.41) is 0. The average molecular weight is 411 g/mol. The Morgan fingerprint density at radius 3 is 0.857 bits per heavy atom. The molecule has 0 spiro atoms. The van der Waals surface area contributed by atoms with Gasteiger partial charge in [0.05, 0.1) is 0 Å². The fourth-order valence-electron chi connectivity index (χ4n) is 0. The van der Waals surface area contributed by atoms with Gasteiger partial charge >= 0.3 is 21.1 Å². The van der Waals surface area contributed by atoms with Crippen molar-refractivity contribution in [3.05, 3.63) is 0 Å². The molecular formula is C4H16N4O4PtS. The minimum atomic E-state index is -5.17. The van der Waals surface area contributed by atoms with Crippen LogP contribution in [0.1, 0.15) is 0 Å². The van der Waals surface area contributed by atoms with Crippen molar-refractivity contribution >= 4 is 10.4 Å². The third-order valence-electron chi connectivity index (χ3n) is 0.333. The first-order valence-electron chi connectivity index (χ1n) is 3.30. The molecule has 0 heterocycles. The van der Waals surface area contributed by atoms with E-state index in [-0.39, 0.29) is 21.1 Å². The molecule has 0 aliphatic heterocycles. The minimum Gasteiger partial charge on any atom is -0.759 e. The van der Waals surface area contributed by atoms with E-state index < -0.39 is 10.4 Å². The summed E-state index contributed by atoms with van der Waals surface area (Å²) < 4.78 is 34.1. The zero-order valence-electron chi connectivity index (χ0n) is 7.50. The van der Waals surface area contributed by atoms with Gasteiger partial charge in [-0.1, -0.05) is 0 Å². The van der Waals surface area contributed by atoms with E-state index in [0.717, 1.165) is 0 Å². The summed E-state index contributed by atoms with van der Waals surface area (Å²) in [6.07, 6.45) is 0. The molecule has 0 unspecified atom stereocenters. The number of rotatable bonds is 2. The molecule has 10 heteroatoms. The summed E-state index contributed by atoms with van der Waals surface area (Å²) in [5.74, 6) is 0. The molecule has 0 atom stereocenters. The third kappa shape index (κ3) is 280. The van der Waals surface area contributed by atoms with Crippen molar-refractivity contribution in [3.8, 4) is 0 Å². The molecule has 14 heavy (non-hydrogen) atoms. The first-order valence-corrected chi connectivity index (χ1v) is 4.63. The Kier molecular flexibility index (Phi) is 32.5. The molecule has 0 aliphatic rings. The van der Waals surface area contributed by atoms with Crippen LogP contribution in [0.25, 0.3) is 0 Å². The van der Waals surface area contributed by atoms with E-state index in [1.54, 1.807) is 0 Å². The predicted octanol–water partition coefficient (Wildman–Crippen LogP) is -3.53. The smallest absolute Gasteiger partial charge is 0.759 e. The topological polar surface area (TPSA) is 184 Å². The van der Waals surface area contributed by atoms with Crippen LogP contribution in [0.2, 0.25) is 0 Å². The first kappa shape index (κ1) is 23.9. The Morgan fingerprint density at radius 1 is 0.786 bits per heavy atom. The molecule has 0 saturated heterocycles. The maximum Gasteiger partial charge on any atom is 2.00 e. The number of hydrogen-bond donors (Lipinski definition) is 4. The summed E-state index contributed by atoms with van der Waals surface area (Å²) in [4.78, 5) is 0. The van der Waals surface area contributed by atoms with Gasteiger partial charge in [-0.2, -0.15) is 0 Å². The van der Waals surface area contributed by atoms with Crippen molar-refractivity contribution in [2.24, 2.45) is 22.9 Å². The van der Waals surface area contributed by atoms with E-state index in [1.165, 1.54) is 0 Å². The van der Waals surface area contributed by atoms with Gasteiger partial charge in [0.1, 0.15) is 0 Å². The van der Waals surface area contributed by atoms with Crippen LogP contribution in [0, 0.1) is 0 Å². The van der Waals surface area contributed by atoms with Crippen LogP contribution in [0.5, 0.6) is 0 Å². The first-order chi connectivity index (χ1) is 5.83. The predicted molar refractivity (Wildman–Crippen MR) is 46.7 cm³/mol. The molecule has 0 aromatic carbocycles. The molecule has 8 N–H and O–H groups in total. The van der Waals surface area contributed by atoms with Crippen molar-refractivity contribution in [2.75, 3.05) is 26.2 Å². The molecule has 0 amide bonds. The summed E-state index contributed by atoms with van der Waals surface area (Å²) in [7, 11) is -5.17.